The van der Waals surface area contributed by atoms with Gasteiger partial charge < -0.3 is 10.1 Å². The second kappa shape index (κ2) is 6.59. The van der Waals surface area contributed by atoms with Crippen molar-refractivity contribution in [2.75, 3.05) is 19.7 Å². The third-order valence-corrected chi connectivity index (χ3v) is 3.59. The lowest BCUT2D eigenvalue weighted by atomic mass is 9.94. The van der Waals surface area contributed by atoms with Crippen molar-refractivity contribution in [3.63, 3.8) is 0 Å². The van der Waals surface area contributed by atoms with Crippen LogP contribution < -0.4 is 5.32 Å². The number of rotatable bonds is 5. The summed E-state index contributed by atoms with van der Waals surface area (Å²) in [6.45, 7) is 4.41. The summed E-state index contributed by atoms with van der Waals surface area (Å²) >= 11 is 0. The monoisotopic (exact) mass is 287 g/mol. The summed E-state index contributed by atoms with van der Waals surface area (Å²) in [5.74, 6) is 0.241. The molecule has 0 radical (unpaired) electrons. The van der Waals surface area contributed by atoms with Crippen LogP contribution in [-0.4, -0.2) is 19.7 Å². The van der Waals surface area contributed by atoms with Gasteiger partial charge in [-0.3, -0.25) is 0 Å². The first-order valence-corrected chi connectivity index (χ1v) is 7.02. The molecule has 1 saturated heterocycles. The molecule has 2 rings (SSSR count). The standard InChI is InChI=1S/C15H20F3NO/c1-2-7-19-10-12-6-8-20-14(12)11-4-3-5-13(9-11)15(16,17)18/h3-5,9,12,14,19H,2,6-8,10H2,1H3. The Morgan fingerprint density at radius 1 is 1.35 bits per heavy atom. The molecular formula is C15H20F3NO. The summed E-state index contributed by atoms with van der Waals surface area (Å²) in [7, 11) is 0. The van der Waals surface area contributed by atoms with Gasteiger partial charge in [-0.05, 0) is 37.1 Å². The molecule has 1 heterocycles. The van der Waals surface area contributed by atoms with E-state index in [2.05, 4.69) is 12.2 Å². The average molecular weight is 287 g/mol. The molecule has 112 valence electrons. The van der Waals surface area contributed by atoms with E-state index in [-0.39, 0.29) is 12.0 Å². The van der Waals surface area contributed by atoms with E-state index in [0.29, 0.717) is 12.2 Å². The highest BCUT2D eigenvalue weighted by atomic mass is 19.4. The Balaban J connectivity index is 2.09. The van der Waals surface area contributed by atoms with E-state index in [0.717, 1.165) is 32.0 Å². The largest absolute Gasteiger partial charge is 0.416 e. The Kier molecular flexibility index (Phi) is 5.05. The molecule has 0 amide bonds. The smallest absolute Gasteiger partial charge is 0.373 e. The molecule has 1 N–H and O–H groups in total. The van der Waals surface area contributed by atoms with E-state index >= 15 is 0 Å². The third kappa shape index (κ3) is 3.73. The first-order valence-electron chi connectivity index (χ1n) is 7.02. The predicted octanol–water partition coefficient (Wildman–Crippen LogP) is 3.78. The average Bonchev–Trinajstić information content (AvgIpc) is 2.87. The summed E-state index contributed by atoms with van der Waals surface area (Å²) in [5, 5.41) is 3.32. The molecule has 20 heavy (non-hydrogen) atoms. The highest BCUT2D eigenvalue weighted by molar-refractivity contribution is 5.28. The van der Waals surface area contributed by atoms with Gasteiger partial charge in [0, 0.05) is 19.1 Å². The van der Waals surface area contributed by atoms with Gasteiger partial charge in [-0.25, -0.2) is 0 Å². The summed E-state index contributed by atoms with van der Waals surface area (Å²) in [4.78, 5) is 0. The van der Waals surface area contributed by atoms with E-state index in [1.807, 2.05) is 0 Å². The van der Waals surface area contributed by atoms with Crippen LogP contribution in [0.1, 0.15) is 37.0 Å². The quantitative estimate of drug-likeness (QED) is 0.832. The molecule has 1 aliphatic rings. The Bertz CT molecular complexity index is 433. The Morgan fingerprint density at radius 3 is 2.85 bits per heavy atom. The molecule has 2 nitrogen and oxygen atoms in total. The van der Waals surface area contributed by atoms with Crippen LogP contribution in [0.4, 0.5) is 13.2 Å². The highest BCUT2D eigenvalue weighted by Gasteiger charge is 2.33. The summed E-state index contributed by atoms with van der Waals surface area (Å²) < 4.78 is 43.9. The molecule has 0 bridgehead atoms. The number of ether oxygens (including phenoxy) is 1. The van der Waals surface area contributed by atoms with Crippen LogP contribution in [0.25, 0.3) is 0 Å². The van der Waals surface area contributed by atoms with Gasteiger partial charge in [0.1, 0.15) is 0 Å². The zero-order chi connectivity index (χ0) is 14.6. The van der Waals surface area contributed by atoms with Crippen LogP contribution in [-0.2, 0) is 10.9 Å². The second-order valence-corrected chi connectivity index (χ2v) is 5.17. The third-order valence-electron chi connectivity index (χ3n) is 3.59. The lowest BCUT2D eigenvalue weighted by Gasteiger charge is -2.20. The van der Waals surface area contributed by atoms with Gasteiger partial charge >= 0.3 is 6.18 Å². The molecule has 0 saturated carbocycles. The molecule has 5 heteroatoms. The maximum absolute atomic E-state index is 12.7. The van der Waals surface area contributed by atoms with Crippen molar-refractivity contribution in [2.45, 2.75) is 32.0 Å². The normalized spacial score (nSPS) is 23.2. The van der Waals surface area contributed by atoms with Crippen LogP contribution in [0.2, 0.25) is 0 Å². The van der Waals surface area contributed by atoms with Crippen molar-refractivity contribution in [3.05, 3.63) is 35.4 Å². The van der Waals surface area contributed by atoms with Crippen molar-refractivity contribution in [2.24, 2.45) is 5.92 Å². The van der Waals surface area contributed by atoms with E-state index < -0.39 is 11.7 Å². The Morgan fingerprint density at radius 2 is 2.15 bits per heavy atom. The van der Waals surface area contributed by atoms with Crippen molar-refractivity contribution in [1.82, 2.24) is 5.32 Å². The van der Waals surface area contributed by atoms with Gasteiger partial charge in [-0.2, -0.15) is 13.2 Å². The highest BCUT2D eigenvalue weighted by Crippen LogP contribution is 2.37. The molecule has 2 atom stereocenters. The fourth-order valence-corrected chi connectivity index (χ4v) is 2.57. The van der Waals surface area contributed by atoms with Gasteiger partial charge in [0.2, 0.25) is 0 Å². The minimum absolute atomic E-state index is 0.235. The molecule has 1 fully saturated rings. The van der Waals surface area contributed by atoms with Crippen molar-refractivity contribution in [3.8, 4) is 0 Å². The lowest BCUT2D eigenvalue weighted by molar-refractivity contribution is -0.137. The van der Waals surface area contributed by atoms with Crippen molar-refractivity contribution in [1.29, 1.82) is 0 Å². The van der Waals surface area contributed by atoms with E-state index in [4.69, 9.17) is 4.74 Å². The van der Waals surface area contributed by atoms with Crippen LogP contribution in [0.15, 0.2) is 24.3 Å². The fraction of sp³-hybridized carbons (Fsp3) is 0.600. The van der Waals surface area contributed by atoms with Gasteiger partial charge in [-0.1, -0.05) is 19.1 Å². The maximum Gasteiger partial charge on any atom is 0.416 e. The fourth-order valence-electron chi connectivity index (χ4n) is 2.57. The molecule has 1 aromatic rings. The van der Waals surface area contributed by atoms with E-state index in [1.165, 1.54) is 12.1 Å². The summed E-state index contributed by atoms with van der Waals surface area (Å²) in [6, 6.07) is 5.49. The zero-order valence-corrected chi connectivity index (χ0v) is 11.5. The molecule has 0 spiro atoms. The number of hydrogen-bond donors (Lipinski definition) is 1. The number of halogens is 3. The van der Waals surface area contributed by atoms with Gasteiger partial charge in [0.15, 0.2) is 0 Å². The van der Waals surface area contributed by atoms with Gasteiger partial charge in [0.05, 0.1) is 11.7 Å². The molecule has 2 unspecified atom stereocenters. The minimum Gasteiger partial charge on any atom is -0.373 e. The summed E-state index contributed by atoms with van der Waals surface area (Å²) in [5.41, 5.74) is 0.0198. The number of hydrogen-bond acceptors (Lipinski definition) is 2. The Hall–Kier alpha value is -1.07. The van der Waals surface area contributed by atoms with Crippen LogP contribution in [0.3, 0.4) is 0 Å². The van der Waals surface area contributed by atoms with Crippen LogP contribution >= 0.6 is 0 Å². The first-order chi connectivity index (χ1) is 9.52. The van der Waals surface area contributed by atoms with E-state index in [9.17, 15) is 13.2 Å². The van der Waals surface area contributed by atoms with Gasteiger partial charge in [-0.15, -0.1) is 0 Å². The molecule has 1 aliphatic heterocycles. The predicted molar refractivity (Wildman–Crippen MR) is 71.4 cm³/mol. The molecule has 0 aromatic heterocycles. The number of alkyl halides is 3. The van der Waals surface area contributed by atoms with Crippen molar-refractivity contribution < 1.29 is 17.9 Å². The zero-order valence-electron chi connectivity index (χ0n) is 11.5. The summed E-state index contributed by atoms with van der Waals surface area (Å²) in [6.07, 6.45) is -2.61. The number of benzene rings is 1. The lowest BCUT2D eigenvalue weighted by Crippen LogP contribution is -2.25. The number of nitrogens with one attached hydrogen (secondary N) is 1. The molecule has 1 aromatic carbocycles. The topological polar surface area (TPSA) is 21.3 Å². The van der Waals surface area contributed by atoms with Crippen molar-refractivity contribution >= 4 is 0 Å². The maximum atomic E-state index is 12.7. The SMILES string of the molecule is CCCNCC1CCOC1c1cccc(C(F)(F)F)c1. The second-order valence-electron chi connectivity index (χ2n) is 5.17. The van der Waals surface area contributed by atoms with Crippen LogP contribution in [0.5, 0.6) is 0 Å². The van der Waals surface area contributed by atoms with Gasteiger partial charge in [0.25, 0.3) is 0 Å². The molecule has 0 aliphatic carbocycles. The van der Waals surface area contributed by atoms with Crippen LogP contribution in [0, 0.1) is 5.92 Å². The Labute approximate surface area is 117 Å². The molecular weight excluding hydrogens is 267 g/mol. The minimum atomic E-state index is -4.30. The van der Waals surface area contributed by atoms with E-state index in [1.54, 1.807) is 6.07 Å². The first kappa shape index (κ1) is 15.3.